The maximum Gasteiger partial charge on any atom is 0.254 e. The molecular weight excluding hydrogens is 391 g/mol. The number of halogens is 1. The highest BCUT2D eigenvalue weighted by Crippen LogP contribution is 2.33. The zero-order valence-corrected chi connectivity index (χ0v) is 18.6. The van der Waals surface area contributed by atoms with Crippen LogP contribution in [0.1, 0.15) is 73.7 Å². The van der Waals surface area contributed by atoms with Crippen molar-refractivity contribution in [2.45, 2.75) is 65.5 Å². The molecule has 0 spiro atoms. The second-order valence-electron chi connectivity index (χ2n) is 9.05. The van der Waals surface area contributed by atoms with E-state index in [1.807, 2.05) is 24.0 Å². The van der Waals surface area contributed by atoms with Gasteiger partial charge in [-0.3, -0.25) is 4.79 Å². The second kappa shape index (κ2) is 9.16. The Kier molecular flexibility index (Phi) is 6.35. The minimum Gasteiger partial charge on any atom is -0.331 e. The van der Waals surface area contributed by atoms with Gasteiger partial charge in [-0.15, -0.1) is 0 Å². The summed E-state index contributed by atoms with van der Waals surface area (Å²) in [6, 6.07) is 8.66. The smallest absolute Gasteiger partial charge is 0.254 e. The summed E-state index contributed by atoms with van der Waals surface area (Å²) in [5, 5.41) is 0. The Labute approximate surface area is 183 Å². The van der Waals surface area contributed by atoms with Gasteiger partial charge in [0.2, 0.25) is 0 Å². The van der Waals surface area contributed by atoms with Gasteiger partial charge in [-0.2, -0.15) is 0 Å². The summed E-state index contributed by atoms with van der Waals surface area (Å²) < 4.78 is 16.2. The first kappa shape index (κ1) is 21.5. The molecule has 0 atom stereocenters. The average molecular weight is 423 g/mol. The molecule has 5 nitrogen and oxygen atoms in total. The predicted molar refractivity (Wildman–Crippen MR) is 120 cm³/mol. The number of rotatable bonds is 7. The number of aryl methyl sites for hydroxylation is 1. The van der Waals surface area contributed by atoms with Gasteiger partial charge < -0.3 is 9.47 Å². The number of pyridine rings is 1. The van der Waals surface area contributed by atoms with Gasteiger partial charge in [0, 0.05) is 24.3 Å². The Morgan fingerprint density at radius 2 is 2.03 bits per heavy atom. The SMILES string of the molecule is Cc1ccc(F)cc1C(=O)N(CCC(C)C)Cc1nc2cccnc2n1C1CCCC1. The molecule has 1 aliphatic carbocycles. The van der Waals surface area contributed by atoms with Gasteiger partial charge in [-0.1, -0.05) is 32.8 Å². The van der Waals surface area contributed by atoms with E-state index in [9.17, 15) is 9.18 Å². The molecule has 1 amide bonds. The third-order valence-corrected chi connectivity index (χ3v) is 6.24. The third-order valence-electron chi connectivity index (χ3n) is 6.24. The summed E-state index contributed by atoms with van der Waals surface area (Å²) in [4.78, 5) is 24.8. The molecule has 6 heteroatoms. The molecule has 31 heavy (non-hydrogen) atoms. The molecule has 164 valence electrons. The van der Waals surface area contributed by atoms with E-state index in [-0.39, 0.29) is 11.7 Å². The summed E-state index contributed by atoms with van der Waals surface area (Å²) in [6.07, 6.45) is 7.30. The molecule has 0 radical (unpaired) electrons. The molecule has 1 fully saturated rings. The number of nitrogens with zero attached hydrogens (tertiary/aromatic N) is 4. The van der Waals surface area contributed by atoms with Crippen molar-refractivity contribution in [3.8, 4) is 0 Å². The van der Waals surface area contributed by atoms with Crippen LogP contribution in [0.3, 0.4) is 0 Å². The maximum absolute atomic E-state index is 13.9. The van der Waals surface area contributed by atoms with Crippen molar-refractivity contribution in [2.75, 3.05) is 6.54 Å². The van der Waals surface area contributed by atoms with Gasteiger partial charge in [0.25, 0.3) is 5.91 Å². The Hall–Kier alpha value is -2.76. The lowest BCUT2D eigenvalue weighted by atomic mass is 10.1. The van der Waals surface area contributed by atoms with Gasteiger partial charge in [0.05, 0.1) is 6.54 Å². The number of amides is 1. The summed E-state index contributed by atoms with van der Waals surface area (Å²) in [5.74, 6) is 0.793. The van der Waals surface area contributed by atoms with Crippen LogP contribution < -0.4 is 0 Å². The normalized spacial score (nSPS) is 14.6. The molecule has 1 aromatic carbocycles. The van der Waals surface area contributed by atoms with E-state index in [0.717, 1.165) is 41.8 Å². The number of imidazole rings is 1. The minimum atomic E-state index is -0.389. The summed E-state index contributed by atoms with van der Waals surface area (Å²) >= 11 is 0. The van der Waals surface area contributed by atoms with E-state index in [0.29, 0.717) is 30.6 Å². The van der Waals surface area contributed by atoms with E-state index in [1.54, 1.807) is 12.3 Å². The third kappa shape index (κ3) is 4.63. The molecule has 0 saturated heterocycles. The lowest BCUT2D eigenvalue weighted by molar-refractivity contribution is 0.0727. The highest BCUT2D eigenvalue weighted by Gasteiger charge is 2.26. The molecule has 0 aliphatic heterocycles. The van der Waals surface area contributed by atoms with E-state index in [1.165, 1.54) is 25.0 Å². The number of benzene rings is 1. The molecule has 2 heterocycles. The van der Waals surface area contributed by atoms with Gasteiger partial charge in [0.1, 0.15) is 17.2 Å². The minimum absolute atomic E-state index is 0.143. The topological polar surface area (TPSA) is 51.0 Å². The van der Waals surface area contributed by atoms with Crippen LogP contribution in [0.4, 0.5) is 4.39 Å². The van der Waals surface area contributed by atoms with E-state index in [4.69, 9.17) is 4.98 Å². The zero-order valence-electron chi connectivity index (χ0n) is 18.6. The summed E-state index contributed by atoms with van der Waals surface area (Å²) in [7, 11) is 0. The van der Waals surface area contributed by atoms with E-state index in [2.05, 4.69) is 23.4 Å². The summed E-state index contributed by atoms with van der Waals surface area (Å²) in [6.45, 7) is 7.15. The highest BCUT2D eigenvalue weighted by atomic mass is 19.1. The van der Waals surface area contributed by atoms with Crippen LogP contribution >= 0.6 is 0 Å². The van der Waals surface area contributed by atoms with Crippen LogP contribution in [0.5, 0.6) is 0 Å². The van der Waals surface area contributed by atoms with Crippen LogP contribution in [0, 0.1) is 18.7 Å². The molecular formula is C25H31FN4O. The molecule has 1 aliphatic rings. The Bertz CT molecular complexity index is 1070. The highest BCUT2D eigenvalue weighted by molar-refractivity contribution is 5.95. The Balaban J connectivity index is 1.71. The number of fused-ring (bicyclic) bond motifs is 1. The summed E-state index contributed by atoms with van der Waals surface area (Å²) in [5.41, 5.74) is 2.96. The predicted octanol–water partition coefficient (Wildman–Crippen LogP) is 5.68. The molecule has 3 aromatic rings. The van der Waals surface area contributed by atoms with Crippen LogP contribution in [0.2, 0.25) is 0 Å². The lowest BCUT2D eigenvalue weighted by Gasteiger charge is -2.26. The van der Waals surface area contributed by atoms with E-state index >= 15 is 0 Å². The quantitative estimate of drug-likeness (QED) is 0.492. The fourth-order valence-electron chi connectivity index (χ4n) is 4.47. The molecule has 4 rings (SSSR count). The number of carbonyl (C=O) groups is 1. The van der Waals surface area contributed by atoms with Crippen LogP contribution in [0.15, 0.2) is 36.5 Å². The first-order valence-corrected chi connectivity index (χ1v) is 11.3. The van der Waals surface area contributed by atoms with Crippen molar-refractivity contribution >= 4 is 17.1 Å². The Morgan fingerprint density at radius 3 is 2.77 bits per heavy atom. The molecule has 0 N–H and O–H groups in total. The van der Waals surface area contributed by atoms with Gasteiger partial charge >= 0.3 is 0 Å². The van der Waals surface area contributed by atoms with Crippen molar-refractivity contribution in [2.24, 2.45) is 5.92 Å². The van der Waals surface area contributed by atoms with Crippen molar-refractivity contribution in [1.82, 2.24) is 19.4 Å². The molecule has 1 saturated carbocycles. The molecule has 0 bridgehead atoms. The van der Waals surface area contributed by atoms with Gasteiger partial charge in [-0.05, 0) is 61.9 Å². The van der Waals surface area contributed by atoms with E-state index < -0.39 is 0 Å². The number of hydrogen-bond donors (Lipinski definition) is 0. The fraction of sp³-hybridized carbons (Fsp3) is 0.480. The second-order valence-corrected chi connectivity index (χ2v) is 9.05. The number of carbonyl (C=O) groups excluding carboxylic acids is 1. The standard InChI is InChI=1S/C25H31FN4O/c1-17(2)12-14-29(25(31)21-15-19(26)11-10-18(21)3)16-23-28-22-9-6-13-27-24(22)30(23)20-7-4-5-8-20/h6,9-11,13,15,17,20H,4-5,7-8,12,14,16H2,1-3H3. The average Bonchev–Trinajstić information content (AvgIpc) is 3.39. The first-order chi connectivity index (χ1) is 14.9. The van der Waals surface area contributed by atoms with Crippen molar-refractivity contribution in [3.63, 3.8) is 0 Å². The number of hydrogen-bond acceptors (Lipinski definition) is 3. The van der Waals surface area contributed by atoms with Crippen LogP contribution in [-0.4, -0.2) is 31.9 Å². The fourth-order valence-corrected chi connectivity index (χ4v) is 4.47. The van der Waals surface area contributed by atoms with Crippen molar-refractivity contribution in [1.29, 1.82) is 0 Å². The van der Waals surface area contributed by atoms with Gasteiger partial charge in [-0.25, -0.2) is 14.4 Å². The molecule has 2 aromatic heterocycles. The van der Waals surface area contributed by atoms with Crippen molar-refractivity contribution < 1.29 is 9.18 Å². The number of aromatic nitrogens is 3. The van der Waals surface area contributed by atoms with Crippen LogP contribution in [0.25, 0.3) is 11.2 Å². The van der Waals surface area contributed by atoms with Gasteiger partial charge in [0.15, 0.2) is 5.65 Å². The lowest BCUT2D eigenvalue weighted by Crippen LogP contribution is -2.34. The maximum atomic E-state index is 13.9. The largest absolute Gasteiger partial charge is 0.331 e. The monoisotopic (exact) mass is 422 g/mol. The van der Waals surface area contributed by atoms with Crippen molar-refractivity contribution in [3.05, 3.63) is 59.3 Å². The van der Waals surface area contributed by atoms with Crippen LogP contribution in [-0.2, 0) is 6.54 Å². The Morgan fingerprint density at radius 1 is 1.26 bits per heavy atom. The zero-order chi connectivity index (χ0) is 22.0. The first-order valence-electron chi connectivity index (χ1n) is 11.3. The molecule has 0 unspecified atom stereocenters.